The van der Waals surface area contributed by atoms with Crippen molar-refractivity contribution in [2.45, 2.75) is 19.8 Å². The molecule has 0 radical (unpaired) electrons. The molecule has 2 rings (SSSR count). The topological polar surface area (TPSA) is 94.5 Å². The van der Waals surface area contributed by atoms with Crippen LogP contribution in [0.3, 0.4) is 0 Å². The Labute approximate surface area is 110 Å². The second-order valence-corrected chi connectivity index (χ2v) is 4.36. The Balaban J connectivity index is 2.09. The third-order valence-electron chi connectivity index (χ3n) is 2.59. The molecule has 0 aliphatic heterocycles. The zero-order valence-electron chi connectivity index (χ0n) is 10.6. The smallest absolute Gasteiger partial charge is 0.275 e. The van der Waals surface area contributed by atoms with Gasteiger partial charge < -0.3 is 5.32 Å². The van der Waals surface area contributed by atoms with Crippen molar-refractivity contribution in [3.63, 3.8) is 0 Å². The Hall–Kier alpha value is -2.68. The SMILES string of the molecule is CC(C)c1cc(NC(=O)c2ccc(C#N)cn2)n[nH]1. The molecule has 2 aromatic rings. The van der Waals surface area contributed by atoms with Crippen molar-refractivity contribution < 1.29 is 4.79 Å². The van der Waals surface area contributed by atoms with E-state index in [9.17, 15) is 4.79 Å². The van der Waals surface area contributed by atoms with E-state index in [-0.39, 0.29) is 11.6 Å². The number of carbonyl (C=O) groups is 1. The predicted molar refractivity (Wildman–Crippen MR) is 69.6 cm³/mol. The third kappa shape index (κ3) is 2.96. The van der Waals surface area contributed by atoms with Crippen molar-refractivity contribution in [1.82, 2.24) is 15.2 Å². The van der Waals surface area contributed by atoms with E-state index in [4.69, 9.17) is 5.26 Å². The number of amides is 1. The van der Waals surface area contributed by atoms with Gasteiger partial charge in [0.2, 0.25) is 0 Å². The number of nitriles is 1. The molecular weight excluding hydrogens is 242 g/mol. The Morgan fingerprint density at radius 3 is 2.79 bits per heavy atom. The number of H-pyrrole nitrogens is 1. The number of hydrogen-bond donors (Lipinski definition) is 2. The van der Waals surface area contributed by atoms with Crippen LogP contribution in [-0.2, 0) is 0 Å². The normalized spacial score (nSPS) is 10.2. The van der Waals surface area contributed by atoms with Gasteiger partial charge in [-0.25, -0.2) is 4.98 Å². The Morgan fingerprint density at radius 2 is 2.26 bits per heavy atom. The summed E-state index contributed by atoms with van der Waals surface area (Å²) in [6, 6.07) is 6.78. The van der Waals surface area contributed by atoms with Gasteiger partial charge in [-0.15, -0.1) is 0 Å². The van der Waals surface area contributed by atoms with E-state index in [1.54, 1.807) is 12.1 Å². The summed E-state index contributed by atoms with van der Waals surface area (Å²) in [5, 5.41) is 18.1. The van der Waals surface area contributed by atoms with E-state index >= 15 is 0 Å². The van der Waals surface area contributed by atoms with Crippen LogP contribution >= 0.6 is 0 Å². The molecular formula is C13H13N5O. The number of aromatic amines is 1. The number of nitrogens with zero attached hydrogens (tertiary/aromatic N) is 3. The first-order chi connectivity index (χ1) is 9.10. The lowest BCUT2D eigenvalue weighted by Crippen LogP contribution is -2.13. The van der Waals surface area contributed by atoms with Crippen LogP contribution in [-0.4, -0.2) is 21.1 Å². The van der Waals surface area contributed by atoms with Gasteiger partial charge in [0, 0.05) is 18.0 Å². The van der Waals surface area contributed by atoms with E-state index in [1.165, 1.54) is 12.3 Å². The fraction of sp³-hybridized carbons (Fsp3) is 0.231. The molecule has 2 N–H and O–H groups in total. The largest absolute Gasteiger partial charge is 0.304 e. The van der Waals surface area contributed by atoms with Crippen LogP contribution in [0.2, 0.25) is 0 Å². The summed E-state index contributed by atoms with van der Waals surface area (Å²) in [6.45, 7) is 4.06. The van der Waals surface area contributed by atoms with Crippen molar-refractivity contribution in [1.29, 1.82) is 5.26 Å². The maximum Gasteiger partial charge on any atom is 0.275 e. The highest BCUT2D eigenvalue weighted by Crippen LogP contribution is 2.15. The first-order valence-corrected chi connectivity index (χ1v) is 5.83. The number of carbonyl (C=O) groups excluding carboxylic acids is 1. The van der Waals surface area contributed by atoms with Gasteiger partial charge in [0.1, 0.15) is 11.8 Å². The molecule has 2 aromatic heterocycles. The molecule has 0 aromatic carbocycles. The average molecular weight is 255 g/mol. The molecule has 0 spiro atoms. The number of hydrogen-bond acceptors (Lipinski definition) is 4. The highest BCUT2D eigenvalue weighted by Gasteiger charge is 2.10. The van der Waals surface area contributed by atoms with Gasteiger partial charge in [0.25, 0.3) is 5.91 Å². The van der Waals surface area contributed by atoms with E-state index < -0.39 is 0 Å². The highest BCUT2D eigenvalue weighted by atomic mass is 16.1. The van der Waals surface area contributed by atoms with Crippen molar-refractivity contribution in [3.05, 3.63) is 41.3 Å². The maximum absolute atomic E-state index is 11.9. The Kier molecular flexibility index (Phi) is 3.57. The van der Waals surface area contributed by atoms with Crippen LogP contribution in [0.25, 0.3) is 0 Å². The molecule has 1 amide bonds. The van der Waals surface area contributed by atoms with E-state index in [1.807, 2.05) is 19.9 Å². The Morgan fingerprint density at radius 1 is 1.47 bits per heavy atom. The first kappa shape index (κ1) is 12.8. The molecule has 6 heteroatoms. The van der Waals surface area contributed by atoms with E-state index in [0.717, 1.165) is 5.69 Å². The number of pyridine rings is 1. The van der Waals surface area contributed by atoms with E-state index in [2.05, 4.69) is 20.5 Å². The molecule has 0 saturated heterocycles. The van der Waals surface area contributed by atoms with Gasteiger partial charge in [-0.1, -0.05) is 13.8 Å². The highest BCUT2D eigenvalue weighted by molar-refractivity contribution is 6.02. The third-order valence-corrected chi connectivity index (χ3v) is 2.59. The van der Waals surface area contributed by atoms with Crippen molar-refractivity contribution in [2.24, 2.45) is 0 Å². The van der Waals surface area contributed by atoms with Crippen molar-refractivity contribution in [2.75, 3.05) is 5.32 Å². The van der Waals surface area contributed by atoms with Crippen LogP contribution in [0.1, 0.15) is 41.5 Å². The minimum atomic E-state index is -0.355. The molecule has 0 aliphatic carbocycles. The average Bonchev–Trinajstić information content (AvgIpc) is 2.87. The lowest BCUT2D eigenvalue weighted by molar-refractivity contribution is 0.102. The molecule has 96 valence electrons. The summed E-state index contributed by atoms with van der Waals surface area (Å²) in [5.74, 6) is 0.414. The summed E-state index contributed by atoms with van der Waals surface area (Å²) in [5.41, 5.74) is 1.61. The first-order valence-electron chi connectivity index (χ1n) is 5.83. The second-order valence-electron chi connectivity index (χ2n) is 4.36. The minimum absolute atomic E-state index is 0.244. The minimum Gasteiger partial charge on any atom is -0.304 e. The fourth-order valence-corrected chi connectivity index (χ4v) is 1.47. The molecule has 0 fully saturated rings. The van der Waals surface area contributed by atoms with E-state index in [0.29, 0.717) is 17.3 Å². The maximum atomic E-state index is 11.9. The molecule has 2 heterocycles. The summed E-state index contributed by atoms with van der Waals surface area (Å²) < 4.78 is 0. The number of rotatable bonds is 3. The van der Waals surface area contributed by atoms with Crippen LogP contribution in [0.5, 0.6) is 0 Å². The summed E-state index contributed by atoms with van der Waals surface area (Å²) in [4.78, 5) is 15.8. The van der Waals surface area contributed by atoms with Crippen molar-refractivity contribution in [3.8, 4) is 6.07 Å². The summed E-state index contributed by atoms with van der Waals surface area (Å²) in [6.07, 6.45) is 1.36. The van der Waals surface area contributed by atoms with Crippen LogP contribution < -0.4 is 5.32 Å². The molecule has 0 aliphatic rings. The zero-order valence-corrected chi connectivity index (χ0v) is 10.6. The molecule has 0 saturated carbocycles. The molecule has 6 nitrogen and oxygen atoms in total. The number of nitrogens with one attached hydrogen (secondary N) is 2. The summed E-state index contributed by atoms with van der Waals surface area (Å²) >= 11 is 0. The quantitative estimate of drug-likeness (QED) is 0.877. The fourth-order valence-electron chi connectivity index (χ4n) is 1.47. The number of anilines is 1. The molecule has 19 heavy (non-hydrogen) atoms. The molecule has 0 bridgehead atoms. The second kappa shape index (κ2) is 5.31. The Bertz CT molecular complexity index is 621. The van der Waals surface area contributed by atoms with Crippen LogP contribution in [0.4, 0.5) is 5.82 Å². The van der Waals surface area contributed by atoms with Gasteiger partial charge in [0.15, 0.2) is 5.82 Å². The summed E-state index contributed by atoms with van der Waals surface area (Å²) in [7, 11) is 0. The van der Waals surface area contributed by atoms with Crippen molar-refractivity contribution >= 4 is 11.7 Å². The predicted octanol–water partition coefficient (Wildman–Crippen LogP) is 2.05. The molecule has 0 unspecified atom stereocenters. The van der Waals surface area contributed by atoms with Gasteiger partial charge in [-0.2, -0.15) is 10.4 Å². The molecule has 0 atom stereocenters. The van der Waals surface area contributed by atoms with Gasteiger partial charge >= 0.3 is 0 Å². The van der Waals surface area contributed by atoms with Gasteiger partial charge in [-0.3, -0.25) is 9.89 Å². The lowest BCUT2D eigenvalue weighted by Gasteiger charge is -2.00. The standard InChI is InChI=1S/C13H13N5O/c1-8(2)11-5-12(18-17-11)16-13(19)10-4-3-9(6-14)7-15-10/h3-5,7-8H,1-2H3,(H2,16,17,18,19). The lowest BCUT2D eigenvalue weighted by atomic mass is 10.1. The van der Waals surface area contributed by atoms with Crippen LogP contribution in [0, 0.1) is 11.3 Å². The van der Waals surface area contributed by atoms with Crippen LogP contribution in [0.15, 0.2) is 24.4 Å². The van der Waals surface area contributed by atoms with Gasteiger partial charge in [0.05, 0.1) is 5.56 Å². The van der Waals surface area contributed by atoms with Gasteiger partial charge in [-0.05, 0) is 18.1 Å². The monoisotopic (exact) mass is 255 g/mol. The number of aromatic nitrogens is 3. The zero-order chi connectivity index (χ0) is 13.8.